The Morgan fingerprint density at radius 3 is 2.47 bits per heavy atom. The van der Waals surface area contributed by atoms with Gasteiger partial charge in [-0.25, -0.2) is 14.8 Å². The fourth-order valence-electron chi connectivity index (χ4n) is 3.51. The van der Waals surface area contributed by atoms with Crippen molar-refractivity contribution in [3.05, 3.63) is 107 Å². The van der Waals surface area contributed by atoms with Crippen LogP contribution in [0, 0.1) is 13.8 Å². The molecule has 0 radical (unpaired) electrons. The van der Waals surface area contributed by atoms with E-state index in [9.17, 15) is 4.79 Å². The highest BCUT2D eigenvalue weighted by Crippen LogP contribution is 2.33. The standard InChI is InChI=1S/C27H20N2O2S/c1-17-11-13-19(14-12-17)25-28-23(27(30)31-25)16-21-15-20-8-6-7-18(2)24(20)29-26(21)32-22-9-4-3-5-10-22/h3-16H,1-2H3. The topological polar surface area (TPSA) is 51.5 Å². The molecular formula is C27H20N2O2S. The lowest BCUT2D eigenvalue weighted by Crippen LogP contribution is -2.05. The summed E-state index contributed by atoms with van der Waals surface area (Å²) in [6.07, 6.45) is 1.77. The number of aromatic nitrogens is 1. The monoisotopic (exact) mass is 436 g/mol. The third kappa shape index (κ3) is 4.07. The first-order valence-electron chi connectivity index (χ1n) is 10.3. The zero-order valence-corrected chi connectivity index (χ0v) is 18.5. The van der Waals surface area contributed by atoms with Crippen LogP contribution in [0.25, 0.3) is 17.0 Å². The number of carbonyl (C=O) groups is 1. The normalized spacial score (nSPS) is 14.6. The molecule has 0 unspecified atom stereocenters. The molecule has 0 bridgehead atoms. The van der Waals surface area contributed by atoms with Gasteiger partial charge in [-0.05, 0) is 55.8 Å². The van der Waals surface area contributed by atoms with E-state index in [1.165, 1.54) is 0 Å². The number of hydrogen-bond acceptors (Lipinski definition) is 5. The molecule has 1 aromatic heterocycles. The van der Waals surface area contributed by atoms with E-state index in [-0.39, 0.29) is 5.70 Å². The second kappa shape index (κ2) is 8.44. The molecule has 1 aliphatic rings. The first-order chi connectivity index (χ1) is 15.6. The summed E-state index contributed by atoms with van der Waals surface area (Å²) in [4.78, 5) is 23.1. The summed E-state index contributed by atoms with van der Waals surface area (Å²) in [5.74, 6) is -0.135. The van der Waals surface area contributed by atoms with Gasteiger partial charge in [0.25, 0.3) is 0 Å². The first kappa shape index (κ1) is 20.2. The van der Waals surface area contributed by atoms with Crippen LogP contribution in [0.4, 0.5) is 0 Å². The van der Waals surface area contributed by atoms with Gasteiger partial charge in [0.2, 0.25) is 5.90 Å². The van der Waals surface area contributed by atoms with Crippen molar-refractivity contribution in [2.24, 2.45) is 4.99 Å². The molecule has 1 aliphatic heterocycles. The van der Waals surface area contributed by atoms with E-state index >= 15 is 0 Å². The number of benzene rings is 3. The van der Waals surface area contributed by atoms with E-state index in [0.717, 1.165) is 43.1 Å². The fourth-order valence-corrected chi connectivity index (χ4v) is 4.40. The Morgan fingerprint density at radius 2 is 1.69 bits per heavy atom. The molecule has 4 aromatic rings. The second-order valence-electron chi connectivity index (χ2n) is 7.65. The molecule has 0 N–H and O–H groups in total. The van der Waals surface area contributed by atoms with Crippen LogP contribution >= 0.6 is 11.8 Å². The van der Waals surface area contributed by atoms with Crippen LogP contribution in [-0.4, -0.2) is 16.9 Å². The summed E-state index contributed by atoms with van der Waals surface area (Å²) in [5.41, 5.74) is 5.07. The Labute approximate surface area is 190 Å². The second-order valence-corrected chi connectivity index (χ2v) is 8.71. The molecule has 0 atom stereocenters. The highest BCUT2D eigenvalue weighted by atomic mass is 32.2. The third-order valence-corrected chi connectivity index (χ3v) is 6.24. The number of hydrogen-bond donors (Lipinski definition) is 0. The van der Waals surface area contributed by atoms with Crippen LogP contribution in [0.3, 0.4) is 0 Å². The Bertz CT molecular complexity index is 1390. The van der Waals surface area contributed by atoms with Crippen molar-refractivity contribution in [1.82, 2.24) is 4.98 Å². The first-order valence-corrected chi connectivity index (χ1v) is 11.1. The average molecular weight is 437 g/mol. The van der Waals surface area contributed by atoms with Gasteiger partial charge in [-0.2, -0.15) is 0 Å². The van der Waals surface area contributed by atoms with Crippen molar-refractivity contribution >= 4 is 40.6 Å². The summed E-state index contributed by atoms with van der Waals surface area (Å²) in [6.45, 7) is 4.06. The van der Waals surface area contributed by atoms with Crippen LogP contribution < -0.4 is 0 Å². The number of aryl methyl sites for hydroxylation is 2. The highest BCUT2D eigenvalue weighted by molar-refractivity contribution is 7.99. The number of para-hydroxylation sites is 1. The van der Waals surface area contributed by atoms with E-state index in [0.29, 0.717) is 5.90 Å². The molecule has 32 heavy (non-hydrogen) atoms. The smallest absolute Gasteiger partial charge is 0.363 e. The lowest BCUT2D eigenvalue weighted by molar-refractivity contribution is -0.129. The lowest BCUT2D eigenvalue weighted by atomic mass is 10.1. The van der Waals surface area contributed by atoms with Gasteiger partial charge in [-0.1, -0.05) is 65.9 Å². The minimum Gasteiger partial charge on any atom is -0.402 e. The number of ether oxygens (including phenoxy) is 1. The number of aliphatic imine (C=N–C) groups is 1. The van der Waals surface area contributed by atoms with Gasteiger partial charge in [-0.3, -0.25) is 0 Å². The maximum atomic E-state index is 12.6. The molecule has 0 fully saturated rings. The zero-order chi connectivity index (χ0) is 22.1. The van der Waals surface area contributed by atoms with Crippen molar-refractivity contribution < 1.29 is 9.53 Å². The third-order valence-electron chi connectivity index (χ3n) is 5.21. The van der Waals surface area contributed by atoms with Gasteiger partial charge in [0, 0.05) is 21.4 Å². The molecule has 2 heterocycles. The molecule has 156 valence electrons. The van der Waals surface area contributed by atoms with Gasteiger partial charge in [-0.15, -0.1) is 0 Å². The predicted octanol–water partition coefficient (Wildman–Crippen LogP) is 6.35. The molecule has 0 aliphatic carbocycles. The summed E-state index contributed by atoms with van der Waals surface area (Å²) in [7, 11) is 0. The predicted molar refractivity (Wildman–Crippen MR) is 129 cm³/mol. The molecular weight excluding hydrogens is 416 g/mol. The van der Waals surface area contributed by atoms with Crippen LogP contribution in [0.2, 0.25) is 0 Å². The van der Waals surface area contributed by atoms with Gasteiger partial charge >= 0.3 is 5.97 Å². The molecule has 0 amide bonds. The molecule has 3 aromatic carbocycles. The summed E-state index contributed by atoms with van der Waals surface area (Å²) in [6, 6.07) is 26.0. The number of esters is 1. The molecule has 0 saturated carbocycles. The Kier molecular flexibility index (Phi) is 5.33. The van der Waals surface area contributed by atoms with E-state index in [1.54, 1.807) is 17.8 Å². The molecule has 5 rings (SSSR count). The van der Waals surface area contributed by atoms with Crippen LogP contribution in [0.1, 0.15) is 22.3 Å². The van der Waals surface area contributed by atoms with Crippen LogP contribution in [-0.2, 0) is 9.53 Å². The number of cyclic esters (lactones) is 1. The number of pyridine rings is 1. The van der Waals surface area contributed by atoms with E-state index < -0.39 is 5.97 Å². The number of rotatable bonds is 4. The fraction of sp³-hybridized carbons (Fsp3) is 0.0741. The summed E-state index contributed by atoms with van der Waals surface area (Å²) in [5, 5.41) is 1.83. The lowest BCUT2D eigenvalue weighted by Gasteiger charge is -2.09. The Balaban J connectivity index is 1.60. The quantitative estimate of drug-likeness (QED) is 0.276. The average Bonchev–Trinajstić information content (AvgIpc) is 3.16. The Morgan fingerprint density at radius 1 is 0.906 bits per heavy atom. The van der Waals surface area contributed by atoms with E-state index in [2.05, 4.69) is 24.0 Å². The molecule has 5 heteroatoms. The van der Waals surface area contributed by atoms with Crippen molar-refractivity contribution in [1.29, 1.82) is 0 Å². The number of fused-ring (bicyclic) bond motifs is 1. The minimum atomic E-state index is -0.458. The van der Waals surface area contributed by atoms with E-state index in [4.69, 9.17) is 9.72 Å². The van der Waals surface area contributed by atoms with Crippen molar-refractivity contribution in [3.63, 3.8) is 0 Å². The van der Waals surface area contributed by atoms with Gasteiger partial charge < -0.3 is 4.74 Å². The largest absolute Gasteiger partial charge is 0.402 e. The summed E-state index contributed by atoms with van der Waals surface area (Å²) >= 11 is 1.56. The van der Waals surface area contributed by atoms with Crippen molar-refractivity contribution in [3.8, 4) is 0 Å². The molecule has 4 nitrogen and oxygen atoms in total. The maximum absolute atomic E-state index is 12.6. The van der Waals surface area contributed by atoms with Crippen molar-refractivity contribution in [2.45, 2.75) is 23.8 Å². The minimum absolute atomic E-state index is 0.268. The maximum Gasteiger partial charge on any atom is 0.363 e. The molecule has 0 spiro atoms. The van der Waals surface area contributed by atoms with Crippen LogP contribution in [0.15, 0.2) is 99.5 Å². The van der Waals surface area contributed by atoms with Crippen molar-refractivity contribution in [2.75, 3.05) is 0 Å². The highest BCUT2D eigenvalue weighted by Gasteiger charge is 2.24. The van der Waals surface area contributed by atoms with Gasteiger partial charge in [0.05, 0.1) is 5.52 Å². The number of nitrogens with zero attached hydrogens (tertiary/aromatic N) is 2. The van der Waals surface area contributed by atoms with E-state index in [1.807, 2.05) is 73.7 Å². The number of carbonyl (C=O) groups excluding carboxylic acids is 1. The van der Waals surface area contributed by atoms with Crippen LogP contribution in [0.5, 0.6) is 0 Å². The zero-order valence-electron chi connectivity index (χ0n) is 17.7. The van der Waals surface area contributed by atoms with Gasteiger partial charge in [0.15, 0.2) is 5.70 Å². The SMILES string of the molecule is Cc1ccc(C2=NC(=Cc3cc4cccc(C)c4nc3Sc3ccccc3)C(=O)O2)cc1. The summed E-state index contributed by atoms with van der Waals surface area (Å²) < 4.78 is 5.45. The Hall–Kier alpha value is -3.70. The van der Waals surface area contributed by atoms with Gasteiger partial charge in [0.1, 0.15) is 5.03 Å². The molecule has 0 saturated heterocycles.